The molecular formula is C12H14F2N4O4. The molecule has 120 valence electrons. The molecule has 2 aromatic rings. The molecule has 1 aliphatic rings. The quantitative estimate of drug-likeness (QED) is 0.733. The lowest BCUT2D eigenvalue weighted by Crippen LogP contribution is -2.45. The summed E-state index contributed by atoms with van der Waals surface area (Å²) >= 11 is 0. The SMILES string of the molecule is C[C@@]1(OF)[C@H](O)[C@@H](CO)O[C@H]1n1cc(F)c2c(N)ncnc21. The first-order chi connectivity index (χ1) is 10.4. The molecule has 1 saturated heterocycles. The predicted molar refractivity (Wildman–Crippen MR) is 69.5 cm³/mol. The lowest BCUT2D eigenvalue weighted by atomic mass is 9.96. The van der Waals surface area contributed by atoms with E-state index in [2.05, 4.69) is 14.9 Å². The zero-order valence-electron chi connectivity index (χ0n) is 11.5. The summed E-state index contributed by atoms with van der Waals surface area (Å²) in [4.78, 5) is 11.5. The Morgan fingerprint density at radius 3 is 2.91 bits per heavy atom. The second kappa shape index (κ2) is 5.09. The zero-order valence-corrected chi connectivity index (χ0v) is 11.5. The molecule has 3 heterocycles. The summed E-state index contributed by atoms with van der Waals surface area (Å²) in [5.74, 6) is -0.804. The van der Waals surface area contributed by atoms with Crippen molar-refractivity contribution < 1.29 is 28.8 Å². The highest BCUT2D eigenvalue weighted by Crippen LogP contribution is 2.43. The van der Waals surface area contributed by atoms with Crippen molar-refractivity contribution >= 4 is 16.9 Å². The van der Waals surface area contributed by atoms with Gasteiger partial charge in [0.05, 0.1) is 12.0 Å². The van der Waals surface area contributed by atoms with Crippen LogP contribution in [0, 0.1) is 5.82 Å². The first-order valence-corrected chi connectivity index (χ1v) is 6.44. The van der Waals surface area contributed by atoms with E-state index < -0.39 is 36.5 Å². The molecule has 0 aromatic carbocycles. The minimum atomic E-state index is -1.86. The van der Waals surface area contributed by atoms with E-state index in [9.17, 15) is 19.1 Å². The number of nitrogens with zero attached hydrogens (tertiary/aromatic N) is 3. The second-order valence-electron chi connectivity index (χ2n) is 5.26. The van der Waals surface area contributed by atoms with E-state index in [1.807, 2.05) is 0 Å². The van der Waals surface area contributed by atoms with Crippen molar-refractivity contribution in [2.75, 3.05) is 12.3 Å². The third-order valence-electron chi connectivity index (χ3n) is 3.92. The van der Waals surface area contributed by atoms with Gasteiger partial charge >= 0.3 is 0 Å². The number of anilines is 1. The smallest absolute Gasteiger partial charge is 0.179 e. The Labute approximate surface area is 123 Å². The number of hydrogen-bond acceptors (Lipinski definition) is 7. The van der Waals surface area contributed by atoms with Crippen molar-refractivity contribution in [2.24, 2.45) is 0 Å². The lowest BCUT2D eigenvalue weighted by Gasteiger charge is -2.28. The number of rotatable bonds is 3. The zero-order chi connectivity index (χ0) is 16.1. The highest BCUT2D eigenvalue weighted by atomic mass is 19.3. The van der Waals surface area contributed by atoms with E-state index in [1.165, 1.54) is 6.92 Å². The Morgan fingerprint density at radius 1 is 1.55 bits per heavy atom. The van der Waals surface area contributed by atoms with Gasteiger partial charge in [0.2, 0.25) is 0 Å². The monoisotopic (exact) mass is 316 g/mol. The summed E-state index contributed by atoms with van der Waals surface area (Å²) < 4.78 is 33.7. The Bertz CT molecular complexity index is 712. The maximum atomic E-state index is 14.1. The van der Waals surface area contributed by atoms with E-state index in [1.54, 1.807) is 0 Å². The van der Waals surface area contributed by atoms with Gasteiger partial charge in [-0.1, -0.05) is 0 Å². The third kappa shape index (κ3) is 1.88. The van der Waals surface area contributed by atoms with Crippen LogP contribution in [0.5, 0.6) is 0 Å². The summed E-state index contributed by atoms with van der Waals surface area (Å²) in [6.45, 7) is 0.682. The molecule has 4 atom stereocenters. The molecule has 4 N–H and O–H groups in total. The van der Waals surface area contributed by atoms with Crippen molar-refractivity contribution in [3.63, 3.8) is 0 Å². The van der Waals surface area contributed by atoms with E-state index in [4.69, 9.17) is 10.5 Å². The molecule has 10 heteroatoms. The average molecular weight is 316 g/mol. The maximum Gasteiger partial charge on any atom is 0.179 e. The van der Waals surface area contributed by atoms with Gasteiger partial charge in [0.15, 0.2) is 23.3 Å². The van der Waals surface area contributed by atoms with Crippen LogP contribution in [0.15, 0.2) is 12.5 Å². The second-order valence-corrected chi connectivity index (χ2v) is 5.26. The van der Waals surface area contributed by atoms with Gasteiger partial charge in [-0.3, -0.25) is 4.57 Å². The van der Waals surface area contributed by atoms with Gasteiger partial charge in [0, 0.05) is 6.20 Å². The lowest BCUT2D eigenvalue weighted by molar-refractivity contribution is -0.275. The average Bonchev–Trinajstić information content (AvgIpc) is 2.97. The van der Waals surface area contributed by atoms with Gasteiger partial charge in [-0.2, -0.15) is 4.94 Å². The number of aliphatic hydroxyl groups is 2. The number of nitrogen functional groups attached to an aromatic ring is 1. The topological polar surface area (TPSA) is 116 Å². The normalized spacial score (nSPS) is 32.0. The number of halogens is 2. The molecule has 0 unspecified atom stereocenters. The number of hydrogen-bond donors (Lipinski definition) is 3. The van der Waals surface area contributed by atoms with Crippen LogP contribution in [0.1, 0.15) is 13.2 Å². The van der Waals surface area contributed by atoms with Gasteiger partial charge in [0.1, 0.15) is 24.4 Å². The molecule has 0 radical (unpaired) electrons. The Balaban J connectivity index is 2.17. The first kappa shape index (κ1) is 15.0. The van der Waals surface area contributed by atoms with Crippen LogP contribution in [-0.2, 0) is 9.68 Å². The summed E-state index contributed by atoms with van der Waals surface area (Å²) in [5.41, 5.74) is 3.81. The molecule has 0 saturated carbocycles. The molecule has 0 bridgehead atoms. The van der Waals surface area contributed by atoms with Crippen LogP contribution >= 0.6 is 0 Å². The van der Waals surface area contributed by atoms with Crippen LogP contribution in [0.4, 0.5) is 14.7 Å². The summed E-state index contributed by atoms with van der Waals surface area (Å²) in [7, 11) is 0. The number of aromatic nitrogens is 3. The van der Waals surface area contributed by atoms with E-state index in [-0.39, 0.29) is 16.9 Å². The maximum absolute atomic E-state index is 14.1. The van der Waals surface area contributed by atoms with Crippen molar-refractivity contribution in [3.8, 4) is 0 Å². The molecule has 3 rings (SSSR count). The molecule has 1 aliphatic heterocycles. The van der Waals surface area contributed by atoms with E-state index in [0.29, 0.717) is 0 Å². The molecular weight excluding hydrogens is 302 g/mol. The van der Waals surface area contributed by atoms with Gasteiger partial charge in [0.25, 0.3) is 0 Å². The molecule has 2 aromatic heterocycles. The number of aliphatic hydroxyl groups excluding tert-OH is 2. The minimum absolute atomic E-state index is 0.0470. The molecule has 0 spiro atoms. The molecule has 0 aliphatic carbocycles. The van der Waals surface area contributed by atoms with Gasteiger partial charge in [-0.15, -0.1) is 0 Å². The predicted octanol–water partition coefficient (Wildman–Crippen LogP) is 0.0630. The number of nitrogens with two attached hydrogens (primary N) is 1. The summed E-state index contributed by atoms with van der Waals surface area (Å²) in [5, 5.41) is 19.2. The van der Waals surface area contributed by atoms with E-state index >= 15 is 0 Å². The molecule has 1 fully saturated rings. The first-order valence-electron chi connectivity index (χ1n) is 6.44. The largest absolute Gasteiger partial charge is 0.394 e. The number of ether oxygens (including phenoxy) is 1. The van der Waals surface area contributed by atoms with Crippen molar-refractivity contribution in [1.82, 2.24) is 14.5 Å². The fourth-order valence-electron chi connectivity index (χ4n) is 2.70. The van der Waals surface area contributed by atoms with Gasteiger partial charge in [-0.05, 0) is 11.4 Å². The van der Waals surface area contributed by atoms with Crippen LogP contribution in [0.3, 0.4) is 0 Å². The van der Waals surface area contributed by atoms with Crippen LogP contribution in [-0.4, -0.2) is 49.2 Å². The third-order valence-corrected chi connectivity index (χ3v) is 3.92. The van der Waals surface area contributed by atoms with Crippen molar-refractivity contribution in [1.29, 1.82) is 0 Å². The Kier molecular flexibility index (Phi) is 3.48. The molecule has 22 heavy (non-hydrogen) atoms. The van der Waals surface area contributed by atoms with Crippen LogP contribution in [0.2, 0.25) is 0 Å². The molecule has 8 nitrogen and oxygen atoms in total. The summed E-state index contributed by atoms with van der Waals surface area (Å²) in [6.07, 6.45) is -1.69. The van der Waals surface area contributed by atoms with Crippen LogP contribution < -0.4 is 5.73 Å². The van der Waals surface area contributed by atoms with E-state index in [0.717, 1.165) is 17.1 Å². The highest BCUT2D eigenvalue weighted by Gasteiger charge is 2.56. The minimum Gasteiger partial charge on any atom is -0.394 e. The highest BCUT2D eigenvalue weighted by molar-refractivity contribution is 5.86. The van der Waals surface area contributed by atoms with Gasteiger partial charge < -0.3 is 20.7 Å². The van der Waals surface area contributed by atoms with Crippen molar-refractivity contribution in [2.45, 2.75) is 31.0 Å². The number of fused-ring (bicyclic) bond motifs is 1. The van der Waals surface area contributed by atoms with Crippen molar-refractivity contribution in [3.05, 3.63) is 18.3 Å². The fourth-order valence-corrected chi connectivity index (χ4v) is 2.70. The van der Waals surface area contributed by atoms with Gasteiger partial charge in [-0.25, -0.2) is 14.4 Å². The summed E-state index contributed by atoms with van der Waals surface area (Å²) in [6, 6.07) is 0. The fraction of sp³-hybridized carbons (Fsp3) is 0.500. The Morgan fingerprint density at radius 2 is 2.27 bits per heavy atom. The standard InChI is InChI=1S/C12H14F2N4O4/c1-12(22-14)8(20)6(3-19)21-11(12)18-2-5(13)7-9(15)16-4-17-10(7)18/h2,4,6,8,11,19-20H,3H2,1H3,(H2,15,16,17)/t6-,8-,11-,12-/m1/s1. The molecule has 0 amide bonds. The Hall–Kier alpha value is -1.88. The van der Waals surface area contributed by atoms with Crippen LogP contribution in [0.25, 0.3) is 11.0 Å².